The Morgan fingerprint density at radius 1 is 1.11 bits per heavy atom. The first-order valence-corrected chi connectivity index (χ1v) is 9.91. The number of hydrogen-bond acceptors (Lipinski definition) is 4. The summed E-state index contributed by atoms with van der Waals surface area (Å²) in [5.41, 5.74) is 1.74. The number of amides is 1. The molecule has 0 unspecified atom stereocenters. The number of carbonyl (C=O) groups excluding carboxylic acids is 1. The van der Waals surface area contributed by atoms with E-state index >= 15 is 0 Å². The summed E-state index contributed by atoms with van der Waals surface area (Å²) in [4.78, 5) is 26.2. The number of pyridine rings is 1. The second-order valence-electron chi connectivity index (χ2n) is 6.41. The van der Waals surface area contributed by atoms with Gasteiger partial charge in [-0.1, -0.05) is 36.4 Å². The molecule has 5 nitrogen and oxygen atoms in total. The predicted molar refractivity (Wildman–Crippen MR) is 113 cm³/mol. The largest absolute Gasteiger partial charge is 0.496 e. The van der Waals surface area contributed by atoms with Crippen LogP contribution in [0, 0.1) is 0 Å². The van der Waals surface area contributed by atoms with E-state index in [4.69, 9.17) is 4.74 Å². The fraction of sp³-hybridized carbons (Fsp3) is 0.182. The average molecular weight is 392 g/mol. The molecular formula is C22H20N2O3S. The van der Waals surface area contributed by atoms with E-state index in [1.807, 2.05) is 55.5 Å². The van der Waals surface area contributed by atoms with E-state index in [1.54, 1.807) is 17.7 Å². The molecule has 0 atom stereocenters. The van der Waals surface area contributed by atoms with Crippen LogP contribution in [0.1, 0.15) is 22.2 Å². The molecule has 0 aliphatic heterocycles. The maximum absolute atomic E-state index is 12.9. The number of nitrogens with zero attached hydrogens (tertiary/aromatic N) is 1. The summed E-state index contributed by atoms with van der Waals surface area (Å²) in [5.74, 6) is 0.537. The lowest BCUT2D eigenvalue weighted by Crippen LogP contribution is -2.22. The van der Waals surface area contributed by atoms with Crippen LogP contribution >= 0.6 is 11.3 Å². The van der Waals surface area contributed by atoms with Crippen molar-refractivity contribution in [1.29, 1.82) is 0 Å². The molecule has 0 aliphatic rings. The molecule has 6 heteroatoms. The molecule has 0 bridgehead atoms. The summed E-state index contributed by atoms with van der Waals surface area (Å²) < 4.78 is 7.93. The van der Waals surface area contributed by atoms with Crippen molar-refractivity contribution in [3.63, 3.8) is 0 Å². The fourth-order valence-corrected chi connectivity index (χ4v) is 4.54. The summed E-state index contributed by atoms with van der Waals surface area (Å²) in [5, 5.41) is 4.51. The van der Waals surface area contributed by atoms with Gasteiger partial charge in [-0.2, -0.15) is 0 Å². The van der Waals surface area contributed by atoms with Gasteiger partial charge in [-0.15, -0.1) is 11.3 Å². The van der Waals surface area contributed by atoms with Crippen LogP contribution in [-0.4, -0.2) is 17.6 Å². The minimum atomic E-state index is -0.196. The van der Waals surface area contributed by atoms with Crippen LogP contribution in [0.25, 0.3) is 21.0 Å². The maximum atomic E-state index is 12.9. The second-order valence-corrected chi connectivity index (χ2v) is 7.47. The molecule has 0 saturated heterocycles. The quantitative estimate of drug-likeness (QED) is 0.554. The molecule has 0 saturated carbocycles. The Morgan fingerprint density at radius 3 is 2.64 bits per heavy atom. The van der Waals surface area contributed by atoms with Gasteiger partial charge in [0.05, 0.1) is 22.9 Å². The van der Waals surface area contributed by atoms with Gasteiger partial charge in [0.15, 0.2) is 0 Å². The van der Waals surface area contributed by atoms with Gasteiger partial charge in [-0.3, -0.25) is 9.59 Å². The third-order valence-electron chi connectivity index (χ3n) is 4.82. The molecule has 1 amide bonds. The van der Waals surface area contributed by atoms with Gasteiger partial charge in [0.1, 0.15) is 5.75 Å². The molecule has 142 valence electrons. The third kappa shape index (κ3) is 3.05. The minimum absolute atomic E-state index is 0.0590. The van der Waals surface area contributed by atoms with E-state index in [-0.39, 0.29) is 11.5 Å². The van der Waals surface area contributed by atoms with E-state index in [0.29, 0.717) is 23.4 Å². The summed E-state index contributed by atoms with van der Waals surface area (Å²) in [6, 6.07) is 17.1. The standard InChI is InChI=1S/C22H20N2O3S/c1-3-24-17-10-6-5-9-15(17)20-16(22(24)26)12-19(28-20)21(25)23-13-14-8-4-7-11-18(14)27-2/h4-12H,3,13H2,1-2H3,(H,23,25). The third-order valence-corrected chi connectivity index (χ3v) is 5.99. The molecule has 4 aromatic rings. The molecule has 2 aromatic heterocycles. The van der Waals surface area contributed by atoms with Gasteiger partial charge in [0, 0.05) is 28.7 Å². The van der Waals surface area contributed by atoms with Crippen molar-refractivity contribution in [3.8, 4) is 5.75 Å². The minimum Gasteiger partial charge on any atom is -0.496 e. The van der Waals surface area contributed by atoms with Crippen LogP contribution in [0.3, 0.4) is 0 Å². The highest BCUT2D eigenvalue weighted by Crippen LogP contribution is 2.30. The number of hydrogen-bond donors (Lipinski definition) is 1. The fourth-order valence-electron chi connectivity index (χ4n) is 3.44. The first-order chi connectivity index (χ1) is 13.6. The number of para-hydroxylation sites is 2. The average Bonchev–Trinajstić information content (AvgIpc) is 3.19. The molecule has 28 heavy (non-hydrogen) atoms. The molecule has 0 spiro atoms. The summed E-state index contributed by atoms with van der Waals surface area (Å²) in [6.45, 7) is 2.89. The zero-order chi connectivity index (χ0) is 19.7. The lowest BCUT2D eigenvalue weighted by Gasteiger charge is -2.08. The second kappa shape index (κ2) is 7.48. The van der Waals surface area contributed by atoms with Crippen LogP contribution in [0.2, 0.25) is 0 Å². The van der Waals surface area contributed by atoms with Gasteiger partial charge in [-0.25, -0.2) is 0 Å². The van der Waals surface area contributed by atoms with E-state index in [2.05, 4.69) is 5.32 Å². The zero-order valence-corrected chi connectivity index (χ0v) is 16.5. The summed E-state index contributed by atoms with van der Waals surface area (Å²) >= 11 is 1.36. The van der Waals surface area contributed by atoms with E-state index in [1.165, 1.54) is 11.3 Å². The molecular weight excluding hydrogens is 372 g/mol. The molecule has 4 rings (SSSR count). The first-order valence-electron chi connectivity index (χ1n) is 9.09. The highest BCUT2D eigenvalue weighted by molar-refractivity contribution is 7.21. The number of rotatable bonds is 5. The van der Waals surface area contributed by atoms with Crippen LogP contribution in [-0.2, 0) is 13.1 Å². The summed E-state index contributed by atoms with van der Waals surface area (Å²) in [7, 11) is 1.61. The van der Waals surface area contributed by atoms with Crippen LogP contribution < -0.4 is 15.6 Å². The normalized spacial score (nSPS) is 11.1. The Kier molecular flexibility index (Phi) is 4.88. The Labute approximate surface area is 166 Å². The van der Waals surface area contributed by atoms with Gasteiger partial charge in [-0.05, 0) is 25.1 Å². The van der Waals surface area contributed by atoms with Crippen LogP contribution in [0.5, 0.6) is 5.75 Å². The van der Waals surface area contributed by atoms with Crippen LogP contribution in [0.15, 0.2) is 59.4 Å². The highest BCUT2D eigenvalue weighted by Gasteiger charge is 2.17. The Bertz CT molecular complexity index is 1240. The van der Waals surface area contributed by atoms with E-state index in [0.717, 1.165) is 26.9 Å². The monoisotopic (exact) mass is 392 g/mol. The molecule has 1 N–H and O–H groups in total. The van der Waals surface area contributed by atoms with Gasteiger partial charge in [0.25, 0.3) is 11.5 Å². The van der Waals surface area contributed by atoms with Gasteiger partial charge in [0.2, 0.25) is 0 Å². The molecule has 2 aromatic carbocycles. The van der Waals surface area contributed by atoms with Crippen molar-refractivity contribution < 1.29 is 9.53 Å². The summed E-state index contributed by atoms with van der Waals surface area (Å²) in [6.07, 6.45) is 0. The van der Waals surface area contributed by atoms with Crippen molar-refractivity contribution in [1.82, 2.24) is 9.88 Å². The van der Waals surface area contributed by atoms with Gasteiger partial charge < -0.3 is 14.6 Å². The number of aromatic nitrogens is 1. The van der Waals surface area contributed by atoms with Gasteiger partial charge >= 0.3 is 0 Å². The number of aryl methyl sites for hydroxylation is 1. The Balaban J connectivity index is 1.72. The molecule has 2 heterocycles. The smallest absolute Gasteiger partial charge is 0.261 e. The molecule has 0 radical (unpaired) electrons. The number of carbonyl (C=O) groups is 1. The number of nitrogens with one attached hydrogen (secondary N) is 1. The van der Waals surface area contributed by atoms with Crippen molar-refractivity contribution in [3.05, 3.63) is 75.4 Å². The number of methoxy groups -OCH3 is 1. The van der Waals surface area contributed by atoms with Crippen molar-refractivity contribution in [2.24, 2.45) is 0 Å². The van der Waals surface area contributed by atoms with Crippen molar-refractivity contribution in [2.75, 3.05) is 7.11 Å². The maximum Gasteiger partial charge on any atom is 0.261 e. The lowest BCUT2D eigenvalue weighted by atomic mass is 10.1. The SMILES string of the molecule is CCn1c(=O)c2cc(C(=O)NCc3ccccc3OC)sc2c2ccccc21. The zero-order valence-electron chi connectivity index (χ0n) is 15.7. The lowest BCUT2D eigenvalue weighted by molar-refractivity contribution is 0.0955. The number of ether oxygens (including phenoxy) is 1. The number of thiophene rings is 1. The first kappa shape index (κ1) is 18.3. The van der Waals surface area contributed by atoms with Crippen molar-refractivity contribution in [2.45, 2.75) is 20.0 Å². The number of fused-ring (bicyclic) bond motifs is 3. The highest BCUT2D eigenvalue weighted by atomic mass is 32.1. The van der Waals surface area contributed by atoms with E-state index < -0.39 is 0 Å². The van der Waals surface area contributed by atoms with E-state index in [9.17, 15) is 9.59 Å². The topological polar surface area (TPSA) is 60.3 Å². The van der Waals surface area contributed by atoms with Crippen LogP contribution in [0.4, 0.5) is 0 Å². The van der Waals surface area contributed by atoms with Crippen molar-refractivity contribution >= 4 is 38.2 Å². The Hall–Kier alpha value is -3.12. The number of benzene rings is 2. The predicted octanol–water partition coefficient (Wildman–Crippen LogP) is 4.17. The Morgan fingerprint density at radius 2 is 1.86 bits per heavy atom. The molecule has 0 fully saturated rings. The molecule has 0 aliphatic carbocycles.